The predicted molar refractivity (Wildman–Crippen MR) is 82.3 cm³/mol. The highest BCUT2D eigenvalue weighted by Gasteiger charge is 2.11. The first-order valence-corrected chi connectivity index (χ1v) is 7.10. The van der Waals surface area contributed by atoms with Gasteiger partial charge in [-0.2, -0.15) is 5.10 Å². The minimum absolute atomic E-state index is 0.0855. The highest BCUT2D eigenvalue weighted by molar-refractivity contribution is 9.10. The van der Waals surface area contributed by atoms with E-state index in [1.807, 2.05) is 25.1 Å². The molecule has 2 aromatic rings. The molecular weight excluding hydrogens is 340 g/mol. The molecule has 1 heterocycles. The molecule has 0 radical (unpaired) electrons. The number of hydrogen-bond acceptors (Lipinski definition) is 5. The SMILES string of the molecule is Cc1ccc(NCC(O)Cn2cc([N+](=O)[O-])cn2)cc1Br. The van der Waals surface area contributed by atoms with Gasteiger partial charge in [0.25, 0.3) is 0 Å². The molecule has 2 N–H and O–H groups in total. The molecule has 1 unspecified atom stereocenters. The molecule has 112 valence electrons. The van der Waals surface area contributed by atoms with Crippen molar-refractivity contribution in [3.05, 3.63) is 50.7 Å². The zero-order valence-corrected chi connectivity index (χ0v) is 12.9. The van der Waals surface area contributed by atoms with Crippen LogP contribution < -0.4 is 5.32 Å². The van der Waals surface area contributed by atoms with Gasteiger partial charge in [-0.25, -0.2) is 0 Å². The Morgan fingerprint density at radius 2 is 2.33 bits per heavy atom. The lowest BCUT2D eigenvalue weighted by Gasteiger charge is -2.13. The molecule has 0 aliphatic rings. The molecule has 21 heavy (non-hydrogen) atoms. The summed E-state index contributed by atoms with van der Waals surface area (Å²) >= 11 is 3.44. The summed E-state index contributed by atoms with van der Waals surface area (Å²) in [5, 5.41) is 27.4. The Bertz CT molecular complexity index is 644. The summed E-state index contributed by atoms with van der Waals surface area (Å²) in [7, 11) is 0. The molecule has 0 spiro atoms. The van der Waals surface area contributed by atoms with Gasteiger partial charge in [0.15, 0.2) is 0 Å². The summed E-state index contributed by atoms with van der Waals surface area (Å²) in [4.78, 5) is 10.0. The monoisotopic (exact) mass is 354 g/mol. The number of aliphatic hydroxyl groups excluding tert-OH is 1. The van der Waals surface area contributed by atoms with Crippen molar-refractivity contribution in [1.29, 1.82) is 0 Å². The summed E-state index contributed by atoms with van der Waals surface area (Å²) in [6.45, 7) is 2.50. The van der Waals surface area contributed by atoms with Crippen LogP contribution in [0.4, 0.5) is 11.4 Å². The number of hydrogen-bond donors (Lipinski definition) is 2. The smallest absolute Gasteiger partial charge is 0.306 e. The predicted octanol–water partition coefficient (Wildman–Crippen LogP) is 2.34. The van der Waals surface area contributed by atoms with Gasteiger partial charge in [-0.3, -0.25) is 14.8 Å². The third kappa shape index (κ3) is 4.27. The number of nitro groups is 1. The van der Waals surface area contributed by atoms with Crippen LogP contribution in [0.2, 0.25) is 0 Å². The van der Waals surface area contributed by atoms with Crippen LogP contribution in [0.25, 0.3) is 0 Å². The summed E-state index contributed by atoms with van der Waals surface area (Å²) in [6, 6.07) is 5.82. The molecule has 0 bridgehead atoms. The van der Waals surface area contributed by atoms with Gasteiger partial charge in [0, 0.05) is 16.7 Å². The highest BCUT2D eigenvalue weighted by Crippen LogP contribution is 2.20. The van der Waals surface area contributed by atoms with Crippen molar-refractivity contribution >= 4 is 27.3 Å². The van der Waals surface area contributed by atoms with E-state index < -0.39 is 11.0 Å². The van der Waals surface area contributed by atoms with Crippen molar-refractivity contribution in [2.75, 3.05) is 11.9 Å². The third-order valence-corrected chi connectivity index (χ3v) is 3.80. The molecule has 8 heteroatoms. The van der Waals surface area contributed by atoms with Crippen LogP contribution in [0.15, 0.2) is 35.1 Å². The molecule has 0 fully saturated rings. The molecule has 0 saturated carbocycles. The maximum Gasteiger partial charge on any atom is 0.306 e. The molecule has 1 aromatic carbocycles. The maximum atomic E-state index is 10.5. The Labute approximate surface area is 129 Å². The fourth-order valence-electron chi connectivity index (χ4n) is 1.77. The minimum Gasteiger partial charge on any atom is -0.389 e. The van der Waals surface area contributed by atoms with Crippen LogP contribution in [0.5, 0.6) is 0 Å². The largest absolute Gasteiger partial charge is 0.389 e. The van der Waals surface area contributed by atoms with Crippen LogP contribution >= 0.6 is 15.9 Å². The van der Waals surface area contributed by atoms with E-state index in [4.69, 9.17) is 0 Å². The zero-order chi connectivity index (χ0) is 15.4. The number of rotatable bonds is 6. The summed E-state index contributed by atoms with van der Waals surface area (Å²) in [5.74, 6) is 0. The first kappa shape index (κ1) is 15.5. The first-order valence-electron chi connectivity index (χ1n) is 6.30. The number of aryl methyl sites for hydroxylation is 1. The van der Waals surface area contributed by atoms with Gasteiger partial charge >= 0.3 is 5.69 Å². The maximum absolute atomic E-state index is 10.5. The van der Waals surface area contributed by atoms with Gasteiger partial charge in [-0.05, 0) is 24.6 Å². The molecule has 0 amide bonds. The molecule has 1 aromatic heterocycles. The van der Waals surface area contributed by atoms with Gasteiger partial charge in [0.2, 0.25) is 0 Å². The number of aromatic nitrogens is 2. The number of halogens is 1. The van der Waals surface area contributed by atoms with Crippen molar-refractivity contribution in [2.45, 2.75) is 19.6 Å². The molecular formula is C13H15BrN4O3. The minimum atomic E-state index is -0.704. The van der Waals surface area contributed by atoms with Gasteiger partial charge in [-0.15, -0.1) is 0 Å². The number of anilines is 1. The molecule has 0 aliphatic carbocycles. The lowest BCUT2D eigenvalue weighted by Crippen LogP contribution is -2.25. The molecule has 1 atom stereocenters. The van der Waals surface area contributed by atoms with Crippen molar-refractivity contribution in [3.8, 4) is 0 Å². The van der Waals surface area contributed by atoms with E-state index in [9.17, 15) is 15.2 Å². The van der Waals surface area contributed by atoms with Crippen molar-refractivity contribution in [1.82, 2.24) is 9.78 Å². The van der Waals surface area contributed by atoms with Gasteiger partial charge in [0.05, 0.1) is 17.6 Å². The van der Waals surface area contributed by atoms with E-state index in [2.05, 4.69) is 26.3 Å². The average molecular weight is 355 g/mol. The molecule has 2 rings (SSSR count). The molecule has 7 nitrogen and oxygen atoms in total. The molecule has 0 aliphatic heterocycles. The topological polar surface area (TPSA) is 93.2 Å². The summed E-state index contributed by atoms with van der Waals surface area (Å²) < 4.78 is 2.35. The second-order valence-electron chi connectivity index (χ2n) is 4.68. The highest BCUT2D eigenvalue weighted by atomic mass is 79.9. The lowest BCUT2D eigenvalue weighted by atomic mass is 10.2. The van der Waals surface area contributed by atoms with Crippen LogP contribution in [-0.2, 0) is 6.54 Å². The Balaban J connectivity index is 1.87. The van der Waals surface area contributed by atoms with E-state index >= 15 is 0 Å². The van der Waals surface area contributed by atoms with Crippen molar-refractivity contribution < 1.29 is 10.0 Å². The Kier molecular flexibility index (Phi) is 4.92. The quantitative estimate of drug-likeness (QED) is 0.613. The van der Waals surface area contributed by atoms with Crippen LogP contribution in [0.1, 0.15) is 5.56 Å². The third-order valence-electron chi connectivity index (χ3n) is 2.94. The second-order valence-corrected chi connectivity index (χ2v) is 5.53. The number of nitrogens with one attached hydrogen (secondary N) is 1. The van der Waals surface area contributed by atoms with Gasteiger partial charge in [0.1, 0.15) is 12.4 Å². The standard InChI is InChI=1S/C13H15BrN4O3/c1-9-2-3-10(4-13(9)14)15-6-12(19)8-17-7-11(5-16-17)18(20)21/h2-5,7,12,15,19H,6,8H2,1H3. The van der Waals surface area contributed by atoms with Crippen LogP contribution in [0.3, 0.4) is 0 Å². The summed E-state index contributed by atoms with van der Waals surface area (Å²) in [6.07, 6.45) is 1.76. The number of benzene rings is 1. The Morgan fingerprint density at radius 1 is 1.57 bits per heavy atom. The average Bonchev–Trinajstić information content (AvgIpc) is 2.89. The van der Waals surface area contributed by atoms with Crippen molar-refractivity contribution in [2.24, 2.45) is 0 Å². The van der Waals surface area contributed by atoms with Crippen LogP contribution in [0, 0.1) is 17.0 Å². The van der Waals surface area contributed by atoms with E-state index in [0.29, 0.717) is 6.54 Å². The Hall–Kier alpha value is -1.93. The van der Waals surface area contributed by atoms with Crippen LogP contribution in [-0.4, -0.2) is 32.5 Å². The van der Waals surface area contributed by atoms with Gasteiger partial charge in [-0.1, -0.05) is 22.0 Å². The fraction of sp³-hybridized carbons (Fsp3) is 0.308. The van der Waals surface area contributed by atoms with E-state index in [1.54, 1.807) is 0 Å². The normalized spacial score (nSPS) is 12.1. The summed E-state index contributed by atoms with van der Waals surface area (Å²) in [5.41, 5.74) is 1.93. The Morgan fingerprint density at radius 3 is 2.95 bits per heavy atom. The second kappa shape index (κ2) is 6.68. The van der Waals surface area contributed by atoms with Gasteiger partial charge < -0.3 is 10.4 Å². The van der Waals surface area contributed by atoms with E-state index in [-0.39, 0.29) is 12.2 Å². The lowest BCUT2D eigenvalue weighted by molar-refractivity contribution is -0.385. The number of aliphatic hydroxyl groups is 1. The molecule has 0 saturated heterocycles. The van der Waals surface area contributed by atoms with Crippen molar-refractivity contribution in [3.63, 3.8) is 0 Å². The van der Waals surface area contributed by atoms with E-state index in [1.165, 1.54) is 10.9 Å². The van der Waals surface area contributed by atoms with E-state index in [0.717, 1.165) is 21.9 Å². The fourth-order valence-corrected chi connectivity index (χ4v) is 2.14. The zero-order valence-electron chi connectivity index (χ0n) is 11.4. The number of nitrogens with zero attached hydrogens (tertiary/aromatic N) is 3. The first-order chi connectivity index (χ1) is 9.95.